The van der Waals surface area contributed by atoms with Crippen LogP contribution in [0.25, 0.3) is 16.7 Å². The van der Waals surface area contributed by atoms with E-state index in [4.69, 9.17) is 5.41 Å². The van der Waals surface area contributed by atoms with Crippen LogP contribution in [0.1, 0.15) is 21.5 Å². The van der Waals surface area contributed by atoms with Gasteiger partial charge in [-0.1, -0.05) is 36.4 Å². The summed E-state index contributed by atoms with van der Waals surface area (Å²) >= 11 is 0. The van der Waals surface area contributed by atoms with Crippen molar-refractivity contribution in [3.63, 3.8) is 0 Å². The standard InChI is InChI=1S/C22H21N5O2/c1-14-8-9-18-25-20-17(22(29)27(18)13-14)12-16(21(28)24-2)19(23)26(20)11-10-15-6-4-3-5-7-15/h3-9,12-13,23H,10-11H2,1-2H3,(H,24,28). The Bertz CT molecular complexity index is 1350. The summed E-state index contributed by atoms with van der Waals surface area (Å²) in [6, 6.07) is 15.0. The number of aryl methyl sites for hydroxylation is 3. The summed E-state index contributed by atoms with van der Waals surface area (Å²) in [6.07, 6.45) is 2.38. The highest BCUT2D eigenvalue weighted by atomic mass is 16.1. The molecule has 4 aromatic rings. The maximum Gasteiger partial charge on any atom is 0.267 e. The number of hydrogen-bond donors (Lipinski definition) is 2. The van der Waals surface area contributed by atoms with E-state index >= 15 is 0 Å². The van der Waals surface area contributed by atoms with Gasteiger partial charge in [0.25, 0.3) is 11.5 Å². The van der Waals surface area contributed by atoms with Gasteiger partial charge in [-0.25, -0.2) is 4.98 Å². The average Bonchev–Trinajstić information content (AvgIpc) is 2.74. The first-order valence-electron chi connectivity index (χ1n) is 9.37. The zero-order valence-electron chi connectivity index (χ0n) is 16.3. The van der Waals surface area contributed by atoms with Crippen LogP contribution in [-0.4, -0.2) is 26.9 Å². The Morgan fingerprint density at radius 3 is 2.66 bits per heavy atom. The molecular weight excluding hydrogens is 366 g/mol. The molecule has 3 aromatic heterocycles. The molecule has 0 aliphatic heterocycles. The highest BCUT2D eigenvalue weighted by molar-refractivity contribution is 5.96. The molecule has 2 N–H and O–H groups in total. The van der Waals surface area contributed by atoms with Crippen LogP contribution in [0.4, 0.5) is 0 Å². The predicted octanol–water partition coefficient (Wildman–Crippen LogP) is 2.04. The zero-order valence-corrected chi connectivity index (χ0v) is 16.3. The number of carbonyl (C=O) groups excluding carboxylic acids is 1. The summed E-state index contributed by atoms with van der Waals surface area (Å²) in [4.78, 5) is 30.2. The van der Waals surface area contributed by atoms with Crippen LogP contribution in [0.5, 0.6) is 0 Å². The summed E-state index contributed by atoms with van der Waals surface area (Å²) in [6.45, 7) is 2.33. The Labute approximate surface area is 166 Å². The van der Waals surface area contributed by atoms with Crippen molar-refractivity contribution in [2.75, 3.05) is 7.05 Å². The molecule has 0 bridgehead atoms. The fourth-order valence-electron chi connectivity index (χ4n) is 3.45. The number of rotatable bonds is 4. The monoisotopic (exact) mass is 387 g/mol. The lowest BCUT2D eigenvalue weighted by atomic mass is 10.1. The van der Waals surface area contributed by atoms with Gasteiger partial charge in [-0.15, -0.1) is 0 Å². The van der Waals surface area contributed by atoms with Gasteiger partial charge < -0.3 is 9.88 Å². The molecule has 29 heavy (non-hydrogen) atoms. The van der Waals surface area contributed by atoms with Gasteiger partial charge >= 0.3 is 0 Å². The molecule has 0 spiro atoms. The highest BCUT2D eigenvalue weighted by Gasteiger charge is 2.16. The van der Waals surface area contributed by atoms with Crippen LogP contribution in [0.15, 0.2) is 59.5 Å². The lowest BCUT2D eigenvalue weighted by molar-refractivity contribution is 0.0960. The molecule has 1 aromatic carbocycles. The number of fused-ring (bicyclic) bond motifs is 2. The van der Waals surface area contributed by atoms with Crippen molar-refractivity contribution >= 4 is 22.6 Å². The fraction of sp³-hybridized carbons (Fsp3) is 0.182. The number of nitrogens with one attached hydrogen (secondary N) is 2. The molecule has 0 unspecified atom stereocenters. The molecule has 0 saturated carbocycles. The Morgan fingerprint density at radius 2 is 1.93 bits per heavy atom. The zero-order chi connectivity index (χ0) is 20.5. The summed E-state index contributed by atoms with van der Waals surface area (Å²) in [5.74, 6) is -0.404. The number of pyridine rings is 2. The van der Waals surface area contributed by atoms with Crippen molar-refractivity contribution < 1.29 is 4.79 Å². The molecule has 0 aliphatic carbocycles. The molecule has 3 heterocycles. The van der Waals surface area contributed by atoms with Gasteiger partial charge in [-0.05, 0) is 36.6 Å². The maximum atomic E-state index is 13.2. The molecule has 4 rings (SSSR count). The van der Waals surface area contributed by atoms with Gasteiger partial charge in [0.1, 0.15) is 16.8 Å². The van der Waals surface area contributed by atoms with E-state index in [9.17, 15) is 9.59 Å². The number of amides is 1. The molecule has 7 heteroatoms. The Balaban J connectivity index is 2.00. The third-order valence-electron chi connectivity index (χ3n) is 4.99. The second-order valence-electron chi connectivity index (χ2n) is 6.96. The first-order valence-corrected chi connectivity index (χ1v) is 9.37. The van der Waals surface area contributed by atoms with Gasteiger partial charge in [0.2, 0.25) is 0 Å². The predicted molar refractivity (Wildman–Crippen MR) is 111 cm³/mol. The van der Waals surface area contributed by atoms with Crippen molar-refractivity contribution in [3.8, 4) is 0 Å². The lowest BCUT2D eigenvalue weighted by Crippen LogP contribution is -2.34. The minimum absolute atomic E-state index is 0.0381. The normalized spacial score (nSPS) is 11.1. The number of carbonyl (C=O) groups is 1. The molecule has 146 valence electrons. The number of aromatic nitrogens is 3. The van der Waals surface area contributed by atoms with Crippen LogP contribution in [0.3, 0.4) is 0 Å². The van der Waals surface area contributed by atoms with E-state index in [1.165, 1.54) is 17.5 Å². The van der Waals surface area contributed by atoms with Gasteiger partial charge in [-0.3, -0.25) is 19.4 Å². The molecule has 0 radical (unpaired) electrons. The van der Waals surface area contributed by atoms with Crippen LogP contribution in [0, 0.1) is 12.3 Å². The van der Waals surface area contributed by atoms with Crippen LogP contribution >= 0.6 is 0 Å². The molecule has 0 saturated heterocycles. The second kappa shape index (κ2) is 7.35. The number of hydrogen-bond acceptors (Lipinski definition) is 4. The third-order valence-corrected chi connectivity index (χ3v) is 4.99. The van der Waals surface area contributed by atoms with Crippen molar-refractivity contribution in [1.29, 1.82) is 5.41 Å². The SMILES string of the molecule is CNC(=O)c1cc2c(=O)n3cc(C)ccc3nc2n(CCc2ccccc2)c1=N. The molecule has 0 aliphatic rings. The van der Waals surface area contributed by atoms with Crippen molar-refractivity contribution in [2.24, 2.45) is 0 Å². The summed E-state index contributed by atoms with van der Waals surface area (Å²) in [5, 5.41) is 11.5. The summed E-state index contributed by atoms with van der Waals surface area (Å²) in [7, 11) is 1.51. The van der Waals surface area contributed by atoms with Gasteiger partial charge in [-0.2, -0.15) is 0 Å². The molecule has 0 atom stereocenters. The highest BCUT2D eigenvalue weighted by Crippen LogP contribution is 2.12. The van der Waals surface area contributed by atoms with E-state index in [1.54, 1.807) is 16.8 Å². The number of nitrogens with zero attached hydrogens (tertiary/aromatic N) is 3. The number of benzene rings is 1. The first kappa shape index (κ1) is 18.6. The smallest absolute Gasteiger partial charge is 0.267 e. The van der Waals surface area contributed by atoms with E-state index in [2.05, 4.69) is 10.3 Å². The van der Waals surface area contributed by atoms with Gasteiger partial charge in [0.15, 0.2) is 0 Å². The Hall–Kier alpha value is -3.74. The largest absolute Gasteiger partial charge is 0.355 e. The first-order chi connectivity index (χ1) is 14.0. The van der Waals surface area contributed by atoms with E-state index in [0.717, 1.165) is 11.1 Å². The van der Waals surface area contributed by atoms with E-state index in [-0.39, 0.29) is 16.6 Å². The average molecular weight is 387 g/mol. The lowest BCUT2D eigenvalue weighted by Gasteiger charge is -2.14. The summed E-state index contributed by atoms with van der Waals surface area (Å²) in [5.41, 5.74) is 2.89. The second-order valence-corrected chi connectivity index (χ2v) is 6.96. The molecule has 0 fully saturated rings. The topological polar surface area (TPSA) is 92.2 Å². The Kier molecular flexibility index (Phi) is 4.72. The van der Waals surface area contributed by atoms with Crippen LogP contribution < -0.4 is 16.4 Å². The molecule has 7 nitrogen and oxygen atoms in total. The van der Waals surface area contributed by atoms with Gasteiger partial charge in [0, 0.05) is 19.8 Å². The minimum Gasteiger partial charge on any atom is -0.355 e. The van der Waals surface area contributed by atoms with E-state index in [1.807, 2.05) is 43.3 Å². The van der Waals surface area contributed by atoms with Crippen molar-refractivity contribution in [3.05, 3.63) is 87.3 Å². The van der Waals surface area contributed by atoms with Gasteiger partial charge in [0.05, 0.1) is 10.9 Å². The maximum absolute atomic E-state index is 13.2. The van der Waals surface area contributed by atoms with E-state index < -0.39 is 5.91 Å². The van der Waals surface area contributed by atoms with Crippen LogP contribution in [0.2, 0.25) is 0 Å². The third kappa shape index (κ3) is 3.31. The minimum atomic E-state index is -0.404. The molecular formula is C22H21N5O2. The van der Waals surface area contributed by atoms with Crippen molar-refractivity contribution in [2.45, 2.75) is 19.9 Å². The van der Waals surface area contributed by atoms with E-state index in [0.29, 0.717) is 29.6 Å². The summed E-state index contributed by atoms with van der Waals surface area (Å²) < 4.78 is 3.13. The fourth-order valence-corrected chi connectivity index (χ4v) is 3.45. The van der Waals surface area contributed by atoms with Crippen LogP contribution in [-0.2, 0) is 13.0 Å². The quantitative estimate of drug-likeness (QED) is 0.525. The van der Waals surface area contributed by atoms with Crippen molar-refractivity contribution in [1.82, 2.24) is 19.3 Å². The Morgan fingerprint density at radius 1 is 1.17 bits per heavy atom. The molecule has 1 amide bonds.